The Kier molecular flexibility index (Phi) is 5.14. The minimum Gasteiger partial charge on any atom is -0.355 e. The number of nitrogens with zero attached hydrogens (tertiary/aromatic N) is 5. The summed E-state index contributed by atoms with van der Waals surface area (Å²) in [7, 11) is 0. The number of halogens is 1. The Hall–Kier alpha value is -2.76. The van der Waals surface area contributed by atoms with Crippen molar-refractivity contribution in [3.05, 3.63) is 59.8 Å². The van der Waals surface area contributed by atoms with E-state index in [1.807, 2.05) is 16.8 Å². The third kappa shape index (κ3) is 3.84. The molecule has 0 atom stereocenters. The van der Waals surface area contributed by atoms with E-state index in [1.165, 1.54) is 37.0 Å². The van der Waals surface area contributed by atoms with Crippen molar-refractivity contribution in [3.63, 3.8) is 0 Å². The summed E-state index contributed by atoms with van der Waals surface area (Å²) in [5.41, 5.74) is 2.90. The molecule has 0 amide bonds. The first-order valence-corrected chi connectivity index (χ1v) is 9.62. The van der Waals surface area contributed by atoms with Gasteiger partial charge in [0.15, 0.2) is 5.82 Å². The number of rotatable bonds is 5. The van der Waals surface area contributed by atoms with Crippen molar-refractivity contribution in [1.82, 2.24) is 19.7 Å². The number of anilines is 1. The van der Waals surface area contributed by atoms with E-state index in [9.17, 15) is 4.39 Å². The van der Waals surface area contributed by atoms with Crippen LogP contribution in [0.3, 0.4) is 0 Å². The van der Waals surface area contributed by atoms with Gasteiger partial charge in [0.25, 0.3) is 0 Å². The van der Waals surface area contributed by atoms with E-state index in [0.717, 1.165) is 42.4 Å². The molecule has 3 aromatic rings. The van der Waals surface area contributed by atoms with Crippen LogP contribution in [0, 0.1) is 5.82 Å². The molecule has 0 radical (unpaired) electrons. The smallest absolute Gasteiger partial charge is 0.151 e. The topological polar surface area (TPSA) is 46.8 Å². The molecule has 1 fully saturated rings. The first-order valence-electron chi connectivity index (χ1n) is 9.62. The third-order valence-corrected chi connectivity index (χ3v) is 5.13. The van der Waals surface area contributed by atoms with Crippen LogP contribution >= 0.6 is 0 Å². The van der Waals surface area contributed by atoms with Crippen LogP contribution in [0.4, 0.5) is 10.2 Å². The van der Waals surface area contributed by atoms with Crippen LogP contribution in [-0.2, 0) is 13.0 Å². The second-order valence-electron chi connectivity index (χ2n) is 6.96. The highest BCUT2D eigenvalue weighted by Gasteiger charge is 2.16. The highest BCUT2D eigenvalue weighted by molar-refractivity contribution is 5.55. The number of hydrogen-bond acceptors (Lipinski definition) is 4. The van der Waals surface area contributed by atoms with Crippen LogP contribution < -0.4 is 4.90 Å². The molecule has 3 heterocycles. The second-order valence-corrected chi connectivity index (χ2v) is 6.96. The van der Waals surface area contributed by atoms with E-state index in [4.69, 9.17) is 0 Å². The molecule has 5 nitrogen and oxygen atoms in total. The van der Waals surface area contributed by atoms with Crippen molar-refractivity contribution >= 4 is 5.82 Å². The van der Waals surface area contributed by atoms with Gasteiger partial charge in [-0.3, -0.25) is 0 Å². The van der Waals surface area contributed by atoms with Crippen molar-refractivity contribution in [1.29, 1.82) is 0 Å². The minimum absolute atomic E-state index is 0.262. The largest absolute Gasteiger partial charge is 0.355 e. The summed E-state index contributed by atoms with van der Waals surface area (Å²) in [4.78, 5) is 6.74. The number of piperidine rings is 1. The summed E-state index contributed by atoms with van der Waals surface area (Å²) in [5.74, 6) is 1.45. The third-order valence-electron chi connectivity index (χ3n) is 5.13. The van der Waals surface area contributed by atoms with Gasteiger partial charge < -0.3 is 9.47 Å². The molecule has 1 aromatic carbocycles. The summed E-state index contributed by atoms with van der Waals surface area (Å²) in [6.45, 7) is 4.83. The highest BCUT2D eigenvalue weighted by Crippen LogP contribution is 2.22. The van der Waals surface area contributed by atoms with Crippen molar-refractivity contribution in [2.24, 2.45) is 0 Å². The van der Waals surface area contributed by atoms with Gasteiger partial charge in [0.05, 0.1) is 12.2 Å². The second kappa shape index (κ2) is 7.86. The first-order chi connectivity index (χ1) is 13.2. The van der Waals surface area contributed by atoms with Crippen molar-refractivity contribution in [3.8, 4) is 11.4 Å². The van der Waals surface area contributed by atoms with Crippen molar-refractivity contribution < 1.29 is 4.39 Å². The Morgan fingerprint density at radius 1 is 1.07 bits per heavy atom. The van der Waals surface area contributed by atoms with E-state index in [0.29, 0.717) is 6.54 Å². The lowest BCUT2D eigenvalue weighted by Gasteiger charge is -2.27. The van der Waals surface area contributed by atoms with Crippen LogP contribution in [0.15, 0.2) is 42.7 Å². The van der Waals surface area contributed by atoms with Gasteiger partial charge in [0, 0.05) is 31.0 Å². The van der Waals surface area contributed by atoms with E-state index < -0.39 is 0 Å². The highest BCUT2D eigenvalue weighted by atomic mass is 19.1. The lowest BCUT2D eigenvalue weighted by atomic mass is 10.1. The van der Waals surface area contributed by atoms with E-state index >= 15 is 0 Å². The Morgan fingerprint density at radius 3 is 2.70 bits per heavy atom. The van der Waals surface area contributed by atoms with Crippen LogP contribution in [0.5, 0.6) is 0 Å². The molecule has 0 spiro atoms. The molecule has 0 N–H and O–H groups in total. The average Bonchev–Trinajstić information content (AvgIpc) is 3.17. The number of aryl methyl sites for hydroxylation is 1. The van der Waals surface area contributed by atoms with Crippen LogP contribution in [0.25, 0.3) is 11.4 Å². The van der Waals surface area contributed by atoms with E-state index in [1.54, 1.807) is 12.3 Å². The molecule has 0 unspecified atom stereocenters. The summed E-state index contributed by atoms with van der Waals surface area (Å²) in [6, 6.07) is 8.69. The maximum Gasteiger partial charge on any atom is 0.151 e. The van der Waals surface area contributed by atoms with Gasteiger partial charge in [-0.05, 0) is 49.4 Å². The standard InChI is InChI=1S/C21H24FN5/c1-2-16-14-20(26-10-4-3-5-11-26)25-24-19(16)15-27-12-9-23-21(27)17-7-6-8-18(22)13-17/h6-9,12-14H,2-5,10-11,15H2,1H3. The summed E-state index contributed by atoms with van der Waals surface area (Å²) >= 11 is 0. The van der Waals surface area contributed by atoms with Crippen molar-refractivity contribution in [2.45, 2.75) is 39.2 Å². The lowest BCUT2D eigenvalue weighted by Crippen LogP contribution is -2.30. The molecule has 0 bridgehead atoms. The Labute approximate surface area is 158 Å². The van der Waals surface area contributed by atoms with Gasteiger partial charge in [0.1, 0.15) is 11.6 Å². The zero-order valence-electron chi connectivity index (χ0n) is 15.6. The maximum absolute atomic E-state index is 13.6. The fourth-order valence-corrected chi connectivity index (χ4v) is 3.65. The fourth-order valence-electron chi connectivity index (χ4n) is 3.65. The predicted molar refractivity (Wildman–Crippen MR) is 104 cm³/mol. The van der Waals surface area contributed by atoms with Gasteiger partial charge >= 0.3 is 0 Å². The zero-order chi connectivity index (χ0) is 18.6. The van der Waals surface area contributed by atoms with Gasteiger partial charge in [-0.2, -0.15) is 5.10 Å². The maximum atomic E-state index is 13.6. The van der Waals surface area contributed by atoms with E-state index in [2.05, 4.69) is 33.1 Å². The van der Waals surface area contributed by atoms with E-state index in [-0.39, 0.29) is 5.82 Å². The molecule has 2 aromatic heterocycles. The monoisotopic (exact) mass is 365 g/mol. The van der Waals surface area contributed by atoms with Gasteiger partial charge in [-0.25, -0.2) is 9.37 Å². The van der Waals surface area contributed by atoms with Crippen LogP contribution in [0.1, 0.15) is 37.4 Å². The summed E-state index contributed by atoms with van der Waals surface area (Å²) in [5, 5.41) is 9.03. The molecule has 6 heteroatoms. The molecular formula is C21H24FN5. The van der Waals surface area contributed by atoms with Crippen LogP contribution in [0.2, 0.25) is 0 Å². The molecule has 1 aliphatic rings. The van der Waals surface area contributed by atoms with Gasteiger partial charge in [-0.1, -0.05) is 19.1 Å². The Balaban J connectivity index is 1.61. The number of hydrogen-bond donors (Lipinski definition) is 0. The van der Waals surface area contributed by atoms with Gasteiger partial charge in [0.2, 0.25) is 0 Å². The van der Waals surface area contributed by atoms with Crippen LogP contribution in [-0.4, -0.2) is 32.8 Å². The molecule has 1 aliphatic heterocycles. The van der Waals surface area contributed by atoms with Crippen molar-refractivity contribution in [2.75, 3.05) is 18.0 Å². The zero-order valence-corrected chi connectivity index (χ0v) is 15.6. The predicted octanol–water partition coefficient (Wildman–Crippen LogP) is 4.08. The molecular weight excluding hydrogens is 341 g/mol. The molecule has 1 saturated heterocycles. The summed E-state index contributed by atoms with van der Waals surface area (Å²) < 4.78 is 15.6. The molecule has 140 valence electrons. The number of aromatic nitrogens is 4. The fraction of sp³-hybridized carbons (Fsp3) is 0.381. The molecule has 0 saturated carbocycles. The minimum atomic E-state index is -0.262. The number of imidazole rings is 1. The summed E-state index contributed by atoms with van der Waals surface area (Å²) in [6.07, 6.45) is 8.27. The normalized spacial score (nSPS) is 14.5. The molecule has 27 heavy (non-hydrogen) atoms. The quantitative estimate of drug-likeness (QED) is 0.683. The Bertz CT molecular complexity index is 914. The number of benzene rings is 1. The molecule has 0 aliphatic carbocycles. The lowest BCUT2D eigenvalue weighted by molar-refractivity contribution is 0.569. The van der Waals surface area contributed by atoms with Gasteiger partial charge in [-0.15, -0.1) is 5.10 Å². The SMILES string of the molecule is CCc1cc(N2CCCCC2)nnc1Cn1ccnc1-c1cccc(F)c1. The average molecular weight is 365 g/mol. The Morgan fingerprint density at radius 2 is 1.93 bits per heavy atom. The first kappa shape index (κ1) is 17.6. The molecule has 4 rings (SSSR count).